The van der Waals surface area contributed by atoms with Gasteiger partial charge in [-0.1, -0.05) is 55.8 Å². The van der Waals surface area contributed by atoms with Gasteiger partial charge in [0.05, 0.1) is 11.6 Å². The number of carboxylic acids is 1. The second-order valence-electron chi connectivity index (χ2n) is 7.17. The van der Waals surface area contributed by atoms with Crippen molar-refractivity contribution < 1.29 is 23.1 Å². The van der Waals surface area contributed by atoms with E-state index in [1.807, 2.05) is 31.2 Å². The average molecular weight is 391 g/mol. The van der Waals surface area contributed by atoms with Gasteiger partial charge in [0.15, 0.2) is 0 Å². The number of hydrogen-bond acceptors (Lipinski definition) is 2. The molecule has 28 heavy (non-hydrogen) atoms. The SMILES string of the molecule is CCc1ccc(C(c2ccccc2C(F)(F)F)N2CCCCC2C(=O)O)cc1. The first kappa shape index (κ1) is 20.4. The van der Waals surface area contributed by atoms with Crippen LogP contribution in [0.15, 0.2) is 48.5 Å². The quantitative estimate of drug-likeness (QED) is 0.752. The van der Waals surface area contributed by atoms with Crippen LogP contribution in [0.3, 0.4) is 0 Å². The van der Waals surface area contributed by atoms with E-state index in [0.717, 1.165) is 30.9 Å². The Kier molecular flexibility index (Phi) is 6.08. The predicted molar refractivity (Wildman–Crippen MR) is 101 cm³/mol. The van der Waals surface area contributed by atoms with Crippen molar-refractivity contribution in [1.82, 2.24) is 4.90 Å². The van der Waals surface area contributed by atoms with E-state index >= 15 is 0 Å². The highest BCUT2D eigenvalue weighted by atomic mass is 19.4. The van der Waals surface area contributed by atoms with Crippen molar-refractivity contribution in [1.29, 1.82) is 0 Å². The molecule has 0 amide bonds. The average Bonchev–Trinajstić information content (AvgIpc) is 2.68. The van der Waals surface area contributed by atoms with Gasteiger partial charge in [0.2, 0.25) is 0 Å². The standard InChI is InChI=1S/C22H24F3NO2/c1-2-15-10-12-16(13-11-15)20(26-14-6-5-9-19(26)21(27)28)17-7-3-4-8-18(17)22(23,24)25/h3-4,7-8,10-13,19-20H,2,5-6,9,14H2,1H3,(H,27,28). The van der Waals surface area contributed by atoms with Gasteiger partial charge in [-0.15, -0.1) is 0 Å². The van der Waals surface area contributed by atoms with Gasteiger partial charge in [-0.3, -0.25) is 9.69 Å². The van der Waals surface area contributed by atoms with E-state index in [2.05, 4.69) is 0 Å². The number of alkyl halides is 3. The third-order valence-corrected chi connectivity index (χ3v) is 5.43. The van der Waals surface area contributed by atoms with Gasteiger partial charge in [0.25, 0.3) is 0 Å². The number of rotatable bonds is 5. The Morgan fingerprint density at radius 3 is 2.43 bits per heavy atom. The van der Waals surface area contributed by atoms with Crippen LogP contribution < -0.4 is 0 Å². The molecule has 1 fully saturated rings. The monoisotopic (exact) mass is 391 g/mol. The minimum absolute atomic E-state index is 0.104. The fourth-order valence-electron chi connectivity index (χ4n) is 4.01. The van der Waals surface area contributed by atoms with Gasteiger partial charge >= 0.3 is 12.1 Å². The molecule has 0 bridgehead atoms. The summed E-state index contributed by atoms with van der Waals surface area (Å²) in [6.45, 7) is 2.46. The highest BCUT2D eigenvalue weighted by Gasteiger charge is 2.40. The Bertz CT molecular complexity index is 817. The molecule has 2 aromatic rings. The molecule has 1 N–H and O–H groups in total. The predicted octanol–water partition coefficient (Wildman–Crippen LogP) is 5.30. The summed E-state index contributed by atoms with van der Waals surface area (Å²) in [5.41, 5.74) is 1.16. The molecule has 1 aliphatic heterocycles. The fraction of sp³-hybridized carbons (Fsp3) is 0.409. The van der Waals surface area contributed by atoms with Crippen molar-refractivity contribution >= 4 is 5.97 Å². The van der Waals surface area contributed by atoms with E-state index in [0.29, 0.717) is 18.5 Å². The van der Waals surface area contributed by atoms with Crippen LogP contribution in [0.2, 0.25) is 0 Å². The molecule has 0 aliphatic carbocycles. The maximum atomic E-state index is 13.7. The molecule has 2 aromatic carbocycles. The van der Waals surface area contributed by atoms with Gasteiger partial charge in [-0.2, -0.15) is 13.2 Å². The summed E-state index contributed by atoms with van der Waals surface area (Å²) in [4.78, 5) is 13.6. The summed E-state index contributed by atoms with van der Waals surface area (Å²) in [5, 5.41) is 9.70. The summed E-state index contributed by atoms with van der Waals surface area (Å²) in [6, 6.07) is 11.4. The van der Waals surface area contributed by atoms with E-state index < -0.39 is 29.8 Å². The molecule has 3 rings (SSSR count). The lowest BCUT2D eigenvalue weighted by Gasteiger charge is -2.40. The third-order valence-electron chi connectivity index (χ3n) is 5.43. The zero-order valence-corrected chi connectivity index (χ0v) is 15.7. The van der Waals surface area contributed by atoms with Crippen LogP contribution in [0.5, 0.6) is 0 Å². The number of halogens is 3. The van der Waals surface area contributed by atoms with Crippen LogP contribution in [0.1, 0.15) is 54.5 Å². The first-order valence-electron chi connectivity index (χ1n) is 9.56. The van der Waals surface area contributed by atoms with E-state index in [-0.39, 0.29) is 5.56 Å². The highest BCUT2D eigenvalue weighted by Crippen LogP contribution is 2.41. The van der Waals surface area contributed by atoms with Gasteiger partial charge < -0.3 is 5.11 Å². The lowest BCUT2D eigenvalue weighted by molar-refractivity contribution is -0.145. The Balaban J connectivity index is 2.16. The number of likely N-dealkylation sites (tertiary alicyclic amines) is 1. The first-order valence-corrected chi connectivity index (χ1v) is 9.56. The molecular weight excluding hydrogens is 367 g/mol. The minimum atomic E-state index is -4.51. The topological polar surface area (TPSA) is 40.5 Å². The fourth-order valence-corrected chi connectivity index (χ4v) is 4.01. The lowest BCUT2D eigenvalue weighted by Crippen LogP contribution is -2.47. The maximum absolute atomic E-state index is 13.7. The number of aliphatic carboxylic acids is 1. The minimum Gasteiger partial charge on any atom is -0.480 e. The number of nitrogens with zero attached hydrogens (tertiary/aromatic N) is 1. The van der Waals surface area contributed by atoms with Crippen LogP contribution in [-0.4, -0.2) is 28.6 Å². The van der Waals surface area contributed by atoms with Crippen LogP contribution in [0.25, 0.3) is 0 Å². The molecule has 2 unspecified atom stereocenters. The number of hydrogen-bond donors (Lipinski definition) is 1. The second kappa shape index (κ2) is 8.35. The Morgan fingerprint density at radius 1 is 1.14 bits per heavy atom. The summed E-state index contributed by atoms with van der Waals surface area (Å²) < 4.78 is 41.2. The number of carbonyl (C=O) groups is 1. The van der Waals surface area contributed by atoms with Gasteiger partial charge in [-0.25, -0.2) is 0 Å². The van der Waals surface area contributed by atoms with Crippen molar-refractivity contribution in [3.63, 3.8) is 0 Å². The van der Waals surface area contributed by atoms with Crippen LogP contribution >= 0.6 is 0 Å². The Hall–Kier alpha value is -2.34. The van der Waals surface area contributed by atoms with E-state index in [4.69, 9.17) is 0 Å². The number of benzene rings is 2. The van der Waals surface area contributed by atoms with Crippen LogP contribution in [-0.2, 0) is 17.4 Å². The normalized spacial score (nSPS) is 19.4. The molecule has 0 saturated carbocycles. The van der Waals surface area contributed by atoms with Crippen molar-refractivity contribution in [2.75, 3.05) is 6.54 Å². The van der Waals surface area contributed by atoms with Gasteiger partial charge in [0, 0.05) is 0 Å². The number of carboxylic acid groups (broad SMARTS) is 1. The molecule has 6 heteroatoms. The summed E-state index contributed by atoms with van der Waals surface area (Å²) in [5.74, 6) is -0.987. The molecule has 1 saturated heterocycles. The highest BCUT2D eigenvalue weighted by molar-refractivity contribution is 5.73. The van der Waals surface area contributed by atoms with Crippen molar-refractivity contribution in [3.05, 3.63) is 70.8 Å². The summed E-state index contributed by atoms with van der Waals surface area (Å²) >= 11 is 0. The Labute approximate surface area is 162 Å². The third kappa shape index (κ3) is 4.22. The molecule has 0 aromatic heterocycles. The van der Waals surface area contributed by atoms with Gasteiger partial charge in [0.1, 0.15) is 6.04 Å². The number of aryl methyl sites for hydroxylation is 1. The summed E-state index contributed by atoms with van der Waals surface area (Å²) in [7, 11) is 0. The lowest BCUT2D eigenvalue weighted by atomic mass is 9.88. The summed E-state index contributed by atoms with van der Waals surface area (Å²) in [6.07, 6.45) is -1.72. The molecule has 1 aliphatic rings. The molecule has 1 heterocycles. The van der Waals surface area contributed by atoms with Gasteiger partial charge in [-0.05, 0) is 48.6 Å². The Morgan fingerprint density at radius 2 is 1.82 bits per heavy atom. The molecule has 0 spiro atoms. The van der Waals surface area contributed by atoms with E-state index in [1.54, 1.807) is 11.0 Å². The second-order valence-corrected chi connectivity index (χ2v) is 7.17. The molecular formula is C22H24F3NO2. The van der Waals surface area contributed by atoms with E-state index in [1.165, 1.54) is 12.1 Å². The van der Waals surface area contributed by atoms with Crippen LogP contribution in [0, 0.1) is 0 Å². The van der Waals surface area contributed by atoms with Crippen molar-refractivity contribution in [3.8, 4) is 0 Å². The van der Waals surface area contributed by atoms with Crippen molar-refractivity contribution in [2.24, 2.45) is 0 Å². The first-order chi connectivity index (χ1) is 13.3. The number of piperidine rings is 1. The maximum Gasteiger partial charge on any atom is 0.416 e. The largest absolute Gasteiger partial charge is 0.480 e. The molecule has 3 nitrogen and oxygen atoms in total. The molecule has 2 atom stereocenters. The van der Waals surface area contributed by atoms with Crippen LogP contribution in [0.4, 0.5) is 13.2 Å². The van der Waals surface area contributed by atoms with Crippen molar-refractivity contribution in [2.45, 2.75) is 50.9 Å². The smallest absolute Gasteiger partial charge is 0.416 e. The molecule has 0 radical (unpaired) electrons. The molecule has 150 valence electrons. The zero-order chi connectivity index (χ0) is 20.3. The zero-order valence-electron chi connectivity index (χ0n) is 15.7. The van der Waals surface area contributed by atoms with E-state index in [9.17, 15) is 23.1 Å².